The average Bonchev–Trinajstić information content (AvgIpc) is 3.67. The van der Waals surface area contributed by atoms with E-state index in [9.17, 15) is 9.59 Å². The number of hydrazone groups is 1. The Morgan fingerprint density at radius 2 is 1.79 bits per heavy atom. The lowest BCUT2D eigenvalue weighted by Gasteiger charge is -2.25. The molecule has 0 radical (unpaired) electrons. The average molecular weight is 531 g/mol. The van der Waals surface area contributed by atoms with E-state index in [1.165, 1.54) is 42.5 Å². The fourth-order valence-electron chi connectivity index (χ4n) is 5.07. The molecule has 2 heterocycles. The molecule has 1 aliphatic heterocycles. The minimum absolute atomic E-state index is 0.110. The number of nitrogens with one attached hydrogen (secondary N) is 4. The van der Waals surface area contributed by atoms with Gasteiger partial charge in [0.1, 0.15) is 0 Å². The number of carbonyl (C=O) groups is 2. The van der Waals surface area contributed by atoms with Crippen LogP contribution in [-0.4, -0.2) is 17.8 Å². The molecule has 0 saturated heterocycles. The first-order valence-electron chi connectivity index (χ1n) is 13.3. The van der Waals surface area contributed by atoms with Crippen LogP contribution in [0.15, 0.2) is 71.1 Å². The van der Waals surface area contributed by atoms with Crippen molar-refractivity contribution in [2.24, 2.45) is 5.10 Å². The number of aryl methyl sites for hydroxylation is 1. The normalized spacial score (nSPS) is 15.3. The van der Waals surface area contributed by atoms with Gasteiger partial charge < -0.3 is 4.90 Å². The molecule has 0 spiro atoms. The summed E-state index contributed by atoms with van der Waals surface area (Å²) in [6.07, 6.45) is 8.65. The van der Waals surface area contributed by atoms with Crippen LogP contribution < -0.4 is 26.7 Å². The van der Waals surface area contributed by atoms with Gasteiger partial charge in [0.05, 0.1) is 6.54 Å². The monoisotopic (exact) mass is 530 g/mol. The molecule has 5 rings (SSSR count). The summed E-state index contributed by atoms with van der Waals surface area (Å²) in [5.41, 5.74) is 11.5. The summed E-state index contributed by atoms with van der Waals surface area (Å²) in [5, 5.41) is 8.61. The van der Waals surface area contributed by atoms with Gasteiger partial charge in [-0.15, -0.1) is 22.0 Å². The predicted octanol–water partition coefficient (Wildman–Crippen LogP) is 4.97. The largest absolute Gasteiger partial charge is 0.308 e. The van der Waals surface area contributed by atoms with Crippen LogP contribution in [0.2, 0.25) is 0 Å². The van der Waals surface area contributed by atoms with E-state index >= 15 is 0 Å². The Kier molecular flexibility index (Phi) is 8.67. The molecular formula is C29H34N6O2S. The van der Waals surface area contributed by atoms with E-state index in [1.807, 2.05) is 17.0 Å². The molecule has 1 fully saturated rings. The highest BCUT2D eigenvalue weighted by Crippen LogP contribution is 2.33. The van der Waals surface area contributed by atoms with Crippen molar-refractivity contribution >= 4 is 34.8 Å². The third-order valence-electron chi connectivity index (χ3n) is 7.17. The summed E-state index contributed by atoms with van der Waals surface area (Å²) in [7, 11) is 0. The van der Waals surface area contributed by atoms with Gasteiger partial charge in [-0.3, -0.25) is 20.3 Å². The molecule has 1 saturated carbocycles. The number of amides is 2. The van der Waals surface area contributed by atoms with Crippen molar-refractivity contribution in [2.75, 3.05) is 4.90 Å². The molecule has 0 unspecified atom stereocenters. The lowest BCUT2D eigenvalue weighted by molar-refractivity contribution is -0.118. The van der Waals surface area contributed by atoms with Crippen molar-refractivity contribution in [1.82, 2.24) is 21.8 Å². The summed E-state index contributed by atoms with van der Waals surface area (Å²) in [6.45, 7) is 0.449. The Morgan fingerprint density at radius 1 is 1.00 bits per heavy atom. The van der Waals surface area contributed by atoms with Crippen LogP contribution in [0.25, 0.3) is 0 Å². The number of carbonyl (C=O) groups excluding carboxylic acids is 2. The van der Waals surface area contributed by atoms with Crippen LogP contribution in [-0.2, 0) is 17.8 Å². The van der Waals surface area contributed by atoms with E-state index in [1.54, 1.807) is 23.5 Å². The van der Waals surface area contributed by atoms with Gasteiger partial charge in [-0.1, -0.05) is 49.6 Å². The number of rotatable bonds is 9. The summed E-state index contributed by atoms with van der Waals surface area (Å²) < 4.78 is 0. The SMILES string of the molecule is O=C(NC1=NNNN1)c1ccc(CN(C(=O)CCCc2cccs2)c2ccc(C3CCCCC3)cc2)cc1. The molecule has 1 aromatic heterocycles. The molecule has 4 N–H and O–H groups in total. The summed E-state index contributed by atoms with van der Waals surface area (Å²) >= 11 is 1.73. The van der Waals surface area contributed by atoms with Gasteiger partial charge >= 0.3 is 0 Å². The molecule has 3 aromatic rings. The zero-order valence-corrected chi connectivity index (χ0v) is 22.2. The topological polar surface area (TPSA) is 97.9 Å². The Labute approximate surface area is 227 Å². The quantitative estimate of drug-likeness (QED) is 0.313. The van der Waals surface area contributed by atoms with Crippen LogP contribution in [0.5, 0.6) is 0 Å². The lowest BCUT2D eigenvalue weighted by Crippen LogP contribution is -2.43. The number of thiophene rings is 1. The van der Waals surface area contributed by atoms with Crippen molar-refractivity contribution in [3.05, 3.63) is 87.6 Å². The van der Waals surface area contributed by atoms with E-state index in [0.29, 0.717) is 30.4 Å². The van der Waals surface area contributed by atoms with Crippen LogP contribution in [0.3, 0.4) is 0 Å². The van der Waals surface area contributed by atoms with Crippen LogP contribution in [0.4, 0.5) is 5.69 Å². The molecule has 38 heavy (non-hydrogen) atoms. The Bertz CT molecular complexity index is 1240. The molecule has 0 atom stereocenters. The molecule has 0 bridgehead atoms. The number of hydrogen-bond donors (Lipinski definition) is 4. The van der Waals surface area contributed by atoms with Gasteiger partial charge in [0.15, 0.2) is 0 Å². The second-order valence-electron chi connectivity index (χ2n) is 9.81. The standard InChI is InChI=1S/C29H34N6O2S/c36-27(10-4-8-26-9-5-19-38-26)35(25-17-15-23(16-18-25)22-6-2-1-3-7-22)20-21-11-13-24(14-12-21)28(37)30-29-31-33-34-32-29/h5,9,11-19,22,33-34H,1-4,6-8,10,20H2,(H2,30,31,32,37). The van der Waals surface area contributed by atoms with E-state index in [-0.39, 0.29) is 11.8 Å². The molecule has 2 aromatic carbocycles. The van der Waals surface area contributed by atoms with Gasteiger partial charge in [-0.25, -0.2) is 5.53 Å². The molecular weight excluding hydrogens is 496 g/mol. The van der Waals surface area contributed by atoms with E-state index in [4.69, 9.17) is 0 Å². The van der Waals surface area contributed by atoms with Gasteiger partial charge in [-0.05, 0) is 78.4 Å². The van der Waals surface area contributed by atoms with Crippen LogP contribution in [0, 0.1) is 0 Å². The molecule has 1 aliphatic carbocycles. The summed E-state index contributed by atoms with van der Waals surface area (Å²) in [6, 6.07) is 20.1. The van der Waals surface area contributed by atoms with Crippen molar-refractivity contribution in [3.8, 4) is 0 Å². The predicted molar refractivity (Wildman–Crippen MR) is 151 cm³/mol. The Morgan fingerprint density at radius 3 is 2.47 bits per heavy atom. The van der Waals surface area contributed by atoms with Crippen LogP contribution in [0.1, 0.15) is 77.2 Å². The zero-order valence-electron chi connectivity index (χ0n) is 21.4. The molecule has 198 valence electrons. The fourth-order valence-corrected chi connectivity index (χ4v) is 5.82. The second-order valence-corrected chi connectivity index (χ2v) is 10.8. The third kappa shape index (κ3) is 6.79. The van der Waals surface area contributed by atoms with Gasteiger partial charge in [-0.2, -0.15) is 0 Å². The van der Waals surface area contributed by atoms with E-state index < -0.39 is 0 Å². The highest BCUT2D eigenvalue weighted by atomic mass is 32.1. The van der Waals surface area contributed by atoms with Crippen molar-refractivity contribution in [2.45, 2.75) is 63.8 Å². The lowest BCUT2D eigenvalue weighted by atomic mass is 9.84. The van der Waals surface area contributed by atoms with Crippen molar-refractivity contribution in [1.29, 1.82) is 0 Å². The number of benzene rings is 2. The number of nitrogens with zero attached hydrogens (tertiary/aromatic N) is 2. The molecule has 2 amide bonds. The van der Waals surface area contributed by atoms with Gasteiger partial charge in [0, 0.05) is 22.5 Å². The van der Waals surface area contributed by atoms with Crippen LogP contribution >= 0.6 is 11.3 Å². The fraction of sp³-hybridized carbons (Fsp3) is 0.345. The van der Waals surface area contributed by atoms with E-state index in [0.717, 1.165) is 24.1 Å². The van der Waals surface area contributed by atoms with Crippen molar-refractivity contribution < 1.29 is 9.59 Å². The first-order chi connectivity index (χ1) is 18.7. The maximum Gasteiger partial charge on any atom is 0.258 e. The molecule has 8 nitrogen and oxygen atoms in total. The van der Waals surface area contributed by atoms with Crippen molar-refractivity contribution in [3.63, 3.8) is 0 Å². The molecule has 2 aliphatic rings. The highest BCUT2D eigenvalue weighted by molar-refractivity contribution is 7.09. The maximum atomic E-state index is 13.5. The van der Waals surface area contributed by atoms with Gasteiger partial charge in [0.25, 0.3) is 5.91 Å². The Balaban J connectivity index is 1.28. The maximum absolute atomic E-state index is 13.5. The van der Waals surface area contributed by atoms with Gasteiger partial charge in [0.2, 0.25) is 11.9 Å². The smallest absolute Gasteiger partial charge is 0.258 e. The minimum Gasteiger partial charge on any atom is -0.308 e. The number of hydrazine groups is 2. The van der Waals surface area contributed by atoms with E-state index in [2.05, 4.69) is 68.7 Å². The number of guanidine groups is 1. The molecule has 9 heteroatoms. The third-order valence-corrected chi connectivity index (χ3v) is 8.11. The first-order valence-corrected chi connectivity index (χ1v) is 14.2. The Hall–Kier alpha value is -3.69. The number of anilines is 1. The number of hydrogen-bond acceptors (Lipinski definition) is 7. The second kappa shape index (κ2) is 12.7. The zero-order chi connectivity index (χ0) is 26.2. The summed E-state index contributed by atoms with van der Waals surface area (Å²) in [5.74, 6) is 0.769. The highest BCUT2D eigenvalue weighted by Gasteiger charge is 2.19. The summed E-state index contributed by atoms with van der Waals surface area (Å²) in [4.78, 5) is 29.1. The minimum atomic E-state index is -0.270. The first kappa shape index (κ1) is 25.9.